The van der Waals surface area contributed by atoms with Crippen LogP contribution in [0, 0.1) is 11.3 Å². The van der Waals surface area contributed by atoms with Gasteiger partial charge in [-0.1, -0.05) is 29.8 Å². The highest BCUT2D eigenvalue weighted by molar-refractivity contribution is 6.31. The standard InChI is InChI=1S/C27H30ClN7O/c1-34-9-11-35(12-10-34)25-4-2-3-20(13-25)17-30-8-7-21-5-6-22(14-26(21)28)33-27(36)15-23-18-32-24(16-29)19-31-23/h2-6,13-14,18-19,30H,7-12,15,17H2,1H3,(H,33,36). The number of anilines is 2. The van der Waals surface area contributed by atoms with Crippen LogP contribution in [0.3, 0.4) is 0 Å². The zero-order valence-corrected chi connectivity index (χ0v) is 21.1. The number of benzene rings is 2. The number of hydrogen-bond acceptors (Lipinski definition) is 7. The van der Waals surface area contributed by atoms with Gasteiger partial charge in [0.1, 0.15) is 6.07 Å². The van der Waals surface area contributed by atoms with E-state index in [1.54, 1.807) is 6.07 Å². The summed E-state index contributed by atoms with van der Waals surface area (Å²) in [6.45, 7) is 5.90. The van der Waals surface area contributed by atoms with Gasteiger partial charge in [-0.2, -0.15) is 5.26 Å². The highest BCUT2D eigenvalue weighted by atomic mass is 35.5. The fourth-order valence-corrected chi connectivity index (χ4v) is 4.36. The number of halogens is 1. The van der Waals surface area contributed by atoms with Gasteiger partial charge in [0, 0.05) is 49.1 Å². The number of likely N-dealkylation sites (N-methyl/N-ethyl adjacent to an activating group) is 1. The Kier molecular flexibility index (Phi) is 8.85. The summed E-state index contributed by atoms with van der Waals surface area (Å²) in [5, 5.41) is 15.7. The quantitative estimate of drug-likeness (QED) is 0.432. The van der Waals surface area contributed by atoms with Crippen molar-refractivity contribution in [2.45, 2.75) is 19.4 Å². The monoisotopic (exact) mass is 503 g/mol. The van der Waals surface area contributed by atoms with Crippen LogP contribution in [0.1, 0.15) is 22.5 Å². The molecule has 3 aromatic rings. The summed E-state index contributed by atoms with van der Waals surface area (Å²) in [5.74, 6) is -0.224. The minimum atomic E-state index is -0.224. The first-order valence-corrected chi connectivity index (χ1v) is 12.4. The maximum absolute atomic E-state index is 12.3. The smallest absolute Gasteiger partial charge is 0.230 e. The van der Waals surface area contributed by atoms with Gasteiger partial charge in [0.2, 0.25) is 5.91 Å². The van der Waals surface area contributed by atoms with E-state index in [0.717, 1.165) is 51.3 Å². The van der Waals surface area contributed by atoms with Crippen LogP contribution in [0.25, 0.3) is 0 Å². The van der Waals surface area contributed by atoms with Crippen LogP contribution in [0.2, 0.25) is 5.02 Å². The zero-order chi connectivity index (χ0) is 25.3. The van der Waals surface area contributed by atoms with Crippen LogP contribution in [0.4, 0.5) is 11.4 Å². The SMILES string of the molecule is CN1CCN(c2cccc(CNCCc3ccc(NC(=O)Cc4cnc(C#N)cn4)cc3Cl)c2)CC1. The molecule has 0 radical (unpaired) electrons. The molecule has 8 nitrogen and oxygen atoms in total. The number of nitrogens with one attached hydrogen (secondary N) is 2. The van der Waals surface area contributed by atoms with Gasteiger partial charge in [-0.25, -0.2) is 4.98 Å². The number of nitriles is 1. The second-order valence-corrected chi connectivity index (χ2v) is 9.33. The molecule has 2 N–H and O–H groups in total. The summed E-state index contributed by atoms with van der Waals surface area (Å²) in [5.41, 5.74) is 4.91. The third-order valence-electron chi connectivity index (χ3n) is 6.18. The number of piperazine rings is 1. The van der Waals surface area contributed by atoms with Gasteiger partial charge in [0.25, 0.3) is 0 Å². The van der Waals surface area contributed by atoms with Gasteiger partial charge < -0.3 is 20.4 Å². The van der Waals surface area contributed by atoms with E-state index < -0.39 is 0 Å². The molecular weight excluding hydrogens is 474 g/mol. The van der Waals surface area contributed by atoms with Crippen molar-refractivity contribution in [1.82, 2.24) is 20.2 Å². The van der Waals surface area contributed by atoms with Crippen molar-refractivity contribution in [1.29, 1.82) is 5.26 Å². The number of nitrogens with zero attached hydrogens (tertiary/aromatic N) is 5. The lowest BCUT2D eigenvalue weighted by molar-refractivity contribution is -0.115. The first-order chi connectivity index (χ1) is 17.5. The van der Waals surface area contributed by atoms with Crippen LogP contribution in [-0.2, 0) is 24.2 Å². The van der Waals surface area contributed by atoms with Crippen molar-refractivity contribution < 1.29 is 4.79 Å². The van der Waals surface area contributed by atoms with Crippen LogP contribution in [-0.4, -0.2) is 60.5 Å². The second-order valence-electron chi connectivity index (χ2n) is 8.92. The molecule has 1 fully saturated rings. The molecule has 0 saturated carbocycles. The summed E-state index contributed by atoms with van der Waals surface area (Å²) in [6.07, 6.45) is 3.64. The number of aromatic nitrogens is 2. The molecule has 9 heteroatoms. The molecule has 36 heavy (non-hydrogen) atoms. The lowest BCUT2D eigenvalue weighted by Crippen LogP contribution is -2.44. The maximum Gasteiger partial charge on any atom is 0.230 e. The Balaban J connectivity index is 1.23. The lowest BCUT2D eigenvalue weighted by Gasteiger charge is -2.34. The number of rotatable bonds is 9. The number of carbonyl (C=O) groups is 1. The van der Waals surface area contributed by atoms with Crippen molar-refractivity contribution >= 4 is 28.9 Å². The molecule has 1 aromatic heterocycles. The fourth-order valence-electron chi connectivity index (χ4n) is 4.08. The molecule has 0 atom stereocenters. The molecule has 0 unspecified atom stereocenters. The summed E-state index contributed by atoms with van der Waals surface area (Å²) >= 11 is 6.48. The summed E-state index contributed by atoms with van der Waals surface area (Å²) in [4.78, 5) is 25.1. The van der Waals surface area contributed by atoms with Gasteiger partial charge in [0.05, 0.1) is 24.5 Å². The molecule has 2 heterocycles. The van der Waals surface area contributed by atoms with E-state index in [4.69, 9.17) is 16.9 Å². The van der Waals surface area contributed by atoms with Crippen LogP contribution < -0.4 is 15.5 Å². The van der Waals surface area contributed by atoms with E-state index in [1.807, 2.05) is 18.2 Å². The van der Waals surface area contributed by atoms with E-state index in [1.165, 1.54) is 23.6 Å². The number of carbonyl (C=O) groups excluding carboxylic acids is 1. The zero-order valence-electron chi connectivity index (χ0n) is 20.4. The third kappa shape index (κ3) is 7.25. The predicted molar refractivity (Wildman–Crippen MR) is 142 cm³/mol. The first-order valence-electron chi connectivity index (χ1n) is 12.0. The highest BCUT2D eigenvalue weighted by Crippen LogP contribution is 2.22. The Morgan fingerprint density at radius 2 is 1.94 bits per heavy atom. The molecule has 1 amide bonds. The second kappa shape index (κ2) is 12.5. The van der Waals surface area contributed by atoms with Gasteiger partial charge in [-0.15, -0.1) is 0 Å². The van der Waals surface area contributed by atoms with E-state index in [9.17, 15) is 4.79 Å². The topological polar surface area (TPSA) is 97.2 Å². The molecule has 1 saturated heterocycles. The van der Waals surface area contributed by atoms with Gasteiger partial charge in [0.15, 0.2) is 5.69 Å². The van der Waals surface area contributed by atoms with Gasteiger partial charge in [-0.05, 0) is 55.4 Å². The molecule has 0 aliphatic carbocycles. The average Bonchev–Trinajstić information content (AvgIpc) is 2.88. The number of hydrogen-bond donors (Lipinski definition) is 2. The maximum atomic E-state index is 12.3. The first kappa shape index (κ1) is 25.6. The highest BCUT2D eigenvalue weighted by Gasteiger charge is 2.14. The van der Waals surface area contributed by atoms with Gasteiger partial charge >= 0.3 is 0 Å². The minimum Gasteiger partial charge on any atom is -0.369 e. The largest absolute Gasteiger partial charge is 0.369 e. The van der Waals surface area contributed by atoms with E-state index in [-0.39, 0.29) is 18.0 Å². The van der Waals surface area contributed by atoms with Crippen LogP contribution >= 0.6 is 11.6 Å². The van der Waals surface area contributed by atoms with Crippen molar-refractivity contribution in [3.63, 3.8) is 0 Å². The van der Waals surface area contributed by atoms with Gasteiger partial charge in [-0.3, -0.25) is 9.78 Å². The minimum absolute atomic E-state index is 0.0675. The van der Waals surface area contributed by atoms with Crippen molar-refractivity contribution in [2.75, 3.05) is 50.0 Å². The van der Waals surface area contributed by atoms with Crippen LogP contribution in [0.15, 0.2) is 54.9 Å². The number of amides is 1. The molecule has 1 aliphatic rings. The lowest BCUT2D eigenvalue weighted by atomic mass is 10.1. The molecular formula is C27H30ClN7O. The predicted octanol–water partition coefficient (Wildman–Crippen LogP) is 3.27. The Morgan fingerprint density at radius 1 is 1.11 bits per heavy atom. The Morgan fingerprint density at radius 3 is 2.67 bits per heavy atom. The summed E-state index contributed by atoms with van der Waals surface area (Å²) < 4.78 is 0. The Hall–Kier alpha value is -3.51. The molecule has 0 bridgehead atoms. The molecule has 1 aliphatic heterocycles. The van der Waals surface area contributed by atoms with E-state index >= 15 is 0 Å². The third-order valence-corrected chi connectivity index (χ3v) is 6.53. The van der Waals surface area contributed by atoms with Crippen molar-refractivity contribution in [3.8, 4) is 6.07 Å². The molecule has 186 valence electrons. The summed E-state index contributed by atoms with van der Waals surface area (Å²) in [6, 6.07) is 16.2. The average molecular weight is 504 g/mol. The van der Waals surface area contributed by atoms with Crippen molar-refractivity contribution in [3.05, 3.63) is 82.4 Å². The van der Waals surface area contributed by atoms with Crippen molar-refractivity contribution in [2.24, 2.45) is 0 Å². The normalized spacial score (nSPS) is 13.9. The summed E-state index contributed by atoms with van der Waals surface area (Å²) in [7, 11) is 2.17. The molecule has 4 rings (SSSR count). The van der Waals surface area contributed by atoms with Crippen LogP contribution in [0.5, 0.6) is 0 Å². The molecule has 2 aromatic carbocycles. The Bertz CT molecular complexity index is 1220. The Labute approximate surface area is 216 Å². The molecule has 0 spiro atoms. The fraction of sp³-hybridized carbons (Fsp3) is 0.333. The van der Waals surface area contributed by atoms with E-state index in [0.29, 0.717) is 16.4 Å². The van der Waals surface area contributed by atoms with E-state index in [2.05, 4.69) is 61.7 Å².